The molecule has 0 saturated carbocycles. The first kappa shape index (κ1) is 31.5. The topological polar surface area (TPSA) is 82.1 Å². The number of alkyl halides is 3. The number of carbonyl (C=O) groups is 2. The molecule has 3 fully saturated rings. The molecule has 1 aromatic heterocycles. The number of anilines is 1. The SMILES string of the molecule is Cc1ccc(N(CCCN2CC3CN(C(=O)c4c(C)ncnc4C)CC3C2)C(=O)OC2CCN(CC(F)(F)F)C2)cc1Cl. The van der Waals surface area contributed by atoms with Gasteiger partial charge in [-0.3, -0.25) is 14.6 Å². The van der Waals surface area contributed by atoms with Crippen LogP contribution >= 0.6 is 11.6 Å². The lowest BCUT2D eigenvalue weighted by molar-refractivity contribution is -0.144. The lowest BCUT2D eigenvalue weighted by Crippen LogP contribution is -2.38. The van der Waals surface area contributed by atoms with Crippen LogP contribution in [-0.4, -0.2) is 108 Å². The van der Waals surface area contributed by atoms with Crippen LogP contribution in [0.5, 0.6) is 0 Å². The second-order valence-corrected chi connectivity index (χ2v) is 12.4. The van der Waals surface area contributed by atoms with E-state index in [9.17, 15) is 22.8 Å². The van der Waals surface area contributed by atoms with Gasteiger partial charge in [0, 0.05) is 56.5 Å². The highest BCUT2D eigenvalue weighted by atomic mass is 35.5. The Hall–Kier alpha value is -2.96. The van der Waals surface area contributed by atoms with Gasteiger partial charge in [-0.2, -0.15) is 13.2 Å². The number of aryl methyl sites for hydroxylation is 3. The van der Waals surface area contributed by atoms with Gasteiger partial charge in [-0.25, -0.2) is 14.8 Å². The molecule has 0 spiro atoms. The zero-order valence-corrected chi connectivity index (χ0v) is 25.5. The zero-order valence-electron chi connectivity index (χ0n) is 24.7. The molecule has 43 heavy (non-hydrogen) atoms. The van der Waals surface area contributed by atoms with Crippen LogP contribution in [0.2, 0.25) is 5.02 Å². The molecule has 9 nitrogen and oxygen atoms in total. The smallest absolute Gasteiger partial charge is 0.414 e. The largest absolute Gasteiger partial charge is 0.444 e. The molecule has 3 aliphatic rings. The molecule has 0 aliphatic carbocycles. The molecule has 2 amide bonds. The number of ether oxygens (including phenoxy) is 1. The summed E-state index contributed by atoms with van der Waals surface area (Å²) in [6, 6.07) is 5.35. The number of amides is 2. The molecule has 13 heteroatoms. The maximum Gasteiger partial charge on any atom is 0.414 e. The van der Waals surface area contributed by atoms with Crippen LogP contribution in [0.1, 0.15) is 40.2 Å². The molecular weight excluding hydrogens is 585 g/mol. The number of hydrogen-bond donors (Lipinski definition) is 0. The van der Waals surface area contributed by atoms with Crippen molar-refractivity contribution < 1.29 is 27.5 Å². The van der Waals surface area contributed by atoms with Crippen molar-refractivity contribution in [2.75, 3.05) is 63.8 Å². The van der Waals surface area contributed by atoms with Gasteiger partial charge in [0.25, 0.3) is 5.91 Å². The van der Waals surface area contributed by atoms with Crippen molar-refractivity contribution in [3.8, 4) is 0 Å². The monoisotopic (exact) mass is 622 g/mol. The third kappa shape index (κ3) is 7.58. The molecule has 0 radical (unpaired) electrons. The van der Waals surface area contributed by atoms with E-state index in [0.717, 1.165) is 25.2 Å². The van der Waals surface area contributed by atoms with Crippen LogP contribution in [0.15, 0.2) is 24.5 Å². The van der Waals surface area contributed by atoms with Crippen LogP contribution in [0.25, 0.3) is 0 Å². The van der Waals surface area contributed by atoms with E-state index < -0.39 is 24.9 Å². The second kappa shape index (κ2) is 13.0. The molecule has 5 rings (SSSR count). The summed E-state index contributed by atoms with van der Waals surface area (Å²) >= 11 is 6.36. The van der Waals surface area contributed by atoms with Crippen molar-refractivity contribution in [1.29, 1.82) is 0 Å². The Kier molecular flexibility index (Phi) is 9.48. The van der Waals surface area contributed by atoms with Crippen molar-refractivity contribution in [3.63, 3.8) is 0 Å². The molecule has 3 saturated heterocycles. The molecular formula is C30H38ClF3N6O3. The van der Waals surface area contributed by atoms with Gasteiger partial charge in [0.2, 0.25) is 0 Å². The van der Waals surface area contributed by atoms with Gasteiger partial charge < -0.3 is 14.5 Å². The number of likely N-dealkylation sites (tertiary alicyclic amines) is 3. The van der Waals surface area contributed by atoms with E-state index in [-0.39, 0.29) is 19.0 Å². The van der Waals surface area contributed by atoms with Gasteiger partial charge >= 0.3 is 12.3 Å². The van der Waals surface area contributed by atoms with E-state index in [4.69, 9.17) is 16.3 Å². The molecule has 3 atom stereocenters. The number of nitrogens with zero attached hydrogens (tertiary/aromatic N) is 6. The molecule has 3 aliphatic heterocycles. The highest BCUT2D eigenvalue weighted by Gasteiger charge is 2.42. The third-order valence-electron chi connectivity index (χ3n) is 8.73. The molecule has 2 aromatic rings. The lowest BCUT2D eigenvalue weighted by Gasteiger charge is -2.26. The Morgan fingerprint density at radius 2 is 1.70 bits per heavy atom. The molecule has 0 N–H and O–H groups in total. The van der Waals surface area contributed by atoms with Gasteiger partial charge in [-0.05, 0) is 69.7 Å². The summed E-state index contributed by atoms with van der Waals surface area (Å²) < 4.78 is 44.1. The summed E-state index contributed by atoms with van der Waals surface area (Å²) in [5, 5.41) is 0.520. The number of aromatic nitrogens is 2. The van der Waals surface area contributed by atoms with Gasteiger partial charge in [0.1, 0.15) is 12.4 Å². The molecule has 1 aromatic carbocycles. The number of benzene rings is 1. The second-order valence-electron chi connectivity index (χ2n) is 12.0. The highest BCUT2D eigenvalue weighted by molar-refractivity contribution is 6.31. The summed E-state index contributed by atoms with van der Waals surface area (Å²) in [7, 11) is 0. The fourth-order valence-electron chi connectivity index (χ4n) is 6.52. The summed E-state index contributed by atoms with van der Waals surface area (Å²) in [5.74, 6) is 0.757. The predicted molar refractivity (Wildman–Crippen MR) is 156 cm³/mol. The molecule has 234 valence electrons. The number of hydrogen-bond acceptors (Lipinski definition) is 7. The van der Waals surface area contributed by atoms with E-state index in [1.165, 1.54) is 16.1 Å². The van der Waals surface area contributed by atoms with E-state index >= 15 is 0 Å². The van der Waals surface area contributed by atoms with Crippen LogP contribution in [-0.2, 0) is 4.74 Å². The van der Waals surface area contributed by atoms with Crippen LogP contribution in [0.4, 0.5) is 23.7 Å². The predicted octanol–water partition coefficient (Wildman–Crippen LogP) is 4.73. The molecule has 3 unspecified atom stereocenters. The van der Waals surface area contributed by atoms with Gasteiger partial charge in [0.15, 0.2) is 0 Å². The summed E-state index contributed by atoms with van der Waals surface area (Å²) in [5.41, 5.74) is 3.45. The maximum atomic E-state index is 13.3. The number of carbonyl (C=O) groups excluding carboxylic acids is 2. The van der Waals surface area contributed by atoms with Crippen molar-refractivity contribution in [1.82, 2.24) is 24.7 Å². The van der Waals surface area contributed by atoms with Gasteiger partial charge in [-0.1, -0.05) is 17.7 Å². The Morgan fingerprint density at radius 3 is 2.33 bits per heavy atom. The summed E-state index contributed by atoms with van der Waals surface area (Å²) in [4.78, 5) is 42.0. The Balaban J connectivity index is 1.15. The lowest BCUT2D eigenvalue weighted by atomic mass is 10.0. The minimum absolute atomic E-state index is 0.00810. The van der Waals surface area contributed by atoms with Crippen molar-refractivity contribution in [2.45, 2.75) is 45.9 Å². The molecule has 0 bridgehead atoms. The number of fused-ring (bicyclic) bond motifs is 1. The number of rotatable bonds is 8. The zero-order chi connectivity index (χ0) is 30.9. The fraction of sp³-hybridized carbons (Fsp3) is 0.600. The van der Waals surface area contributed by atoms with E-state index in [1.54, 1.807) is 12.1 Å². The van der Waals surface area contributed by atoms with Crippen molar-refractivity contribution in [3.05, 3.63) is 52.1 Å². The van der Waals surface area contributed by atoms with Crippen molar-refractivity contribution in [2.24, 2.45) is 11.8 Å². The fourth-order valence-corrected chi connectivity index (χ4v) is 6.70. The average molecular weight is 623 g/mol. The van der Waals surface area contributed by atoms with E-state index in [2.05, 4.69) is 14.9 Å². The summed E-state index contributed by atoms with van der Waals surface area (Å²) in [6.45, 7) is 9.08. The van der Waals surface area contributed by atoms with Gasteiger partial charge in [0.05, 0.1) is 23.5 Å². The first-order valence-corrected chi connectivity index (χ1v) is 15.1. The Bertz CT molecular complexity index is 1310. The Morgan fingerprint density at radius 1 is 1.02 bits per heavy atom. The quantitative estimate of drug-likeness (QED) is 0.421. The minimum Gasteiger partial charge on any atom is -0.444 e. The first-order chi connectivity index (χ1) is 20.4. The Labute approximate surface area is 254 Å². The van der Waals surface area contributed by atoms with Crippen molar-refractivity contribution >= 4 is 29.3 Å². The van der Waals surface area contributed by atoms with E-state index in [0.29, 0.717) is 72.0 Å². The third-order valence-corrected chi connectivity index (χ3v) is 9.14. The van der Waals surface area contributed by atoms with E-state index in [1.807, 2.05) is 31.7 Å². The minimum atomic E-state index is -4.29. The van der Waals surface area contributed by atoms with Crippen LogP contribution in [0.3, 0.4) is 0 Å². The standard InChI is InChI=1S/C30H38ClF3N6O3/c1-19-5-6-24(11-26(19)31)40(29(42)43-25-7-10-38(16-25)17-30(32,33)34)9-4-8-37-12-22-14-39(15-23(22)13-37)28(41)27-20(2)35-18-36-21(27)3/h5-6,11,18,22-23,25H,4,7-10,12-17H2,1-3H3. The van der Waals surface area contributed by atoms with Crippen LogP contribution in [0, 0.1) is 32.6 Å². The maximum absolute atomic E-state index is 13.3. The normalized spacial score (nSPS) is 22.7. The molecule has 4 heterocycles. The average Bonchev–Trinajstić information content (AvgIpc) is 3.62. The number of halogens is 4. The first-order valence-electron chi connectivity index (χ1n) is 14.7. The van der Waals surface area contributed by atoms with Gasteiger partial charge in [-0.15, -0.1) is 0 Å². The van der Waals surface area contributed by atoms with Crippen LogP contribution < -0.4 is 4.90 Å². The highest BCUT2D eigenvalue weighted by Crippen LogP contribution is 2.33. The summed E-state index contributed by atoms with van der Waals surface area (Å²) in [6.07, 6.45) is -2.96.